The molecule has 0 aliphatic heterocycles. The van der Waals surface area contributed by atoms with Crippen LogP contribution < -0.4 is 0 Å². The third-order valence-electron chi connectivity index (χ3n) is 7.99. The topological polar surface area (TPSA) is 0 Å². The number of unbranched alkanes of at least 4 members (excludes halogenated alkanes) is 2. The zero-order chi connectivity index (χ0) is 29.9. The first-order valence-corrected chi connectivity index (χ1v) is 15.6. The second-order valence-corrected chi connectivity index (χ2v) is 11.1. The SMILES string of the molecule is Cc1[cH-]c2cccc(-c3ccccc3)c2c1CCc1c(C)[cH-]c2cccc(-c3ccccc3)c12.[CH2-]CCC.[CH2-]CCC.[Hf+4]. The van der Waals surface area contributed by atoms with Gasteiger partial charge in [-0.05, 0) is 11.1 Å². The summed E-state index contributed by atoms with van der Waals surface area (Å²) in [5.74, 6) is 0. The minimum Gasteiger partial charge on any atom is -0.343 e. The van der Waals surface area contributed by atoms with E-state index in [1.54, 1.807) is 0 Å². The van der Waals surface area contributed by atoms with Crippen molar-refractivity contribution in [3.63, 3.8) is 0 Å². The Morgan fingerprint density at radius 2 is 0.860 bits per heavy atom. The summed E-state index contributed by atoms with van der Waals surface area (Å²) in [5.41, 5.74) is 11.0. The molecule has 0 saturated heterocycles. The first-order valence-electron chi connectivity index (χ1n) is 15.6. The maximum Gasteiger partial charge on any atom is 4.00 e. The molecule has 0 spiro atoms. The molecule has 0 heterocycles. The number of rotatable bonds is 7. The van der Waals surface area contributed by atoms with Gasteiger partial charge in [0.05, 0.1) is 0 Å². The standard InChI is InChI=1S/C34H28.2C4H9.Hf/c1-23-21-27-15-9-17-31(25-11-5-3-6-12-25)33(27)29(23)19-20-30-24(2)22-28-16-10-18-32(34(28)30)26-13-7-4-8-14-26;2*1-3-4-2;/h3-18,21-22H,19-20H2,1-2H3;2*1,3-4H2,2H3;/q-2;2*-1;+4. The Kier molecular flexibility index (Phi) is 13.9. The van der Waals surface area contributed by atoms with Gasteiger partial charge >= 0.3 is 25.8 Å². The van der Waals surface area contributed by atoms with Crippen molar-refractivity contribution in [1.82, 2.24) is 0 Å². The van der Waals surface area contributed by atoms with E-state index in [-0.39, 0.29) is 25.8 Å². The van der Waals surface area contributed by atoms with Gasteiger partial charge in [0.15, 0.2) is 0 Å². The van der Waals surface area contributed by atoms with E-state index in [9.17, 15) is 0 Å². The van der Waals surface area contributed by atoms with Gasteiger partial charge < -0.3 is 13.8 Å². The molecule has 0 bridgehead atoms. The Bertz CT molecular complexity index is 1530. The maximum absolute atomic E-state index is 3.60. The van der Waals surface area contributed by atoms with Crippen LogP contribution in [0.3, 0.4) is 0 Å². The Balaban J connectivity index is 0.000000505. The number of hydrogen-bond donors (Lipinski definition) is 0. The smallest absolute Gasteiger partial charge is 0.343 e. The Hall–Kier alpha value is -3.03. The third kappa shape index (κ3) is 8.33. The molecule has 0 radical (unpaired) electrons. The van der Waals surface area contributed by atoms with Crippen LogP contribution in [0.1, 0.15) is 61.8 Å². The fourth-order valence-electron chi connectivity index (χ4n) is 5.70. The minimum absolute atomic E-state index is 0. The molecule has 6 aromatic carbocycles. The van der Waals surface area contributed by atoms with Crippen LogP contribution in [0.4, 0.5) is 0 Å². The van der Waals surface area contributed by atoms with Gasteiger partial charge in [0, 0.05) is 0 Å². The molecular weight excluding hydrogens is 683 g/mol. The van der Waals surface area contributed by atoms with E-state index in [1.807, 2.05) is 0 Å². The molecular formula is C42H46Hf. The number of hydrogen-bond acceptors (Lipinski definition) is 0. The molecule has 0 fully saturated rings. The van der Waals surface area contributed by atoms with E-state index < -0.39 is 0 Å². The van der Waals surface area contributed by atoms with Gasteiger partial charge in [0.2, 0.25) is 0 Å². The molecule has 0 N–H and O–H groups in total. The van der Waals surface area contributed by atoms with Crippen molar-refractivity contribution in [3.8, 4) is 22.3 Å². The Morgan fingerprint density at radius 1 is 0.512 bits per heavy atom. The van der Waals surface area contributed by atoms with Crippen LogP contribution >= 0.6 is 0 Å². The number of benzene rings is 4. The van der Waals surface area contributed by atoms with Gasteiger partial charge in [-0.1, -0.05) is 137 Å². The van der Waals surface area contributed by atoms with E-state index in [1.165, 1.54) is 78.9 Å². The van der Waals surface area contributed by atoms with Crippen LogP contribution in [0.25, 0.3) is 43.8 Å². The number of aryl methyl sites for hydroxylation is 4. The van der Waals surface area contributed by atoms with E-state index in [2.05, 4.69) is 151 Å². The van der Waals surface area contributed by atoms with Crippen LogP contribution in [0.15, 0.2) is 109 Å². The molecule has 0 amide bonds. The molecule has 0 unspecified atom stereocenters. The summed E-state index contributed by atoms with van der Waals surface area (Å²) in [6.45, 7) is 16.0. The summed E-state index contributed by atoms with van der Waals surface area (Å²) < 4.78 is 0. The van der Waals surface area contributed by atoms with E-state index in [0.29, 0.717) is 0 Å². The molecule has 1 heteroatoms. The summed E-state index contributed by atoms with van der Waals surface area (Å²) in [6.07, 6.45) is 6.64. The normalized spacial score (nSPS) is 10.5. The van der Waals surface area contributed by atoms with Crippen molar-refractivity contribution < 1.29 is 25.8 Å². The van der Waals surface area contributed by atoms with Crippen molar-refractivity contribution in [2.24, 2.45) is 0 Å². The van der Waals surface area contributed by atoms with Crippen molar-refractivity contribution in [1.29, 1.82) is 0 Å². The van der Waals surface area contributed by atoms with E-state index >= 15 is 0 Å². The molecule has 6 aromatic rings. The van der Waals surface area contributed by atoms with Gasteiger partial charge in [0.25, 0.3) is 0 Å². The molecule has 43 heavy (non-hydrogen) atoms. The van der Waals surface area contributed by atoms with Crippen LogP contribution in [-0.4, -0.2) is 0 Å². The van der Waals surface area contributed by atoms with E-state index in [0.717, 1.165) is 25.7 Å². The summed E-state index contributed by atoms with van der Waals surface area (Å²) in [6, 6.07) is 39.8. The van der Waals surface area contributed by atoms with E-state index in [4.69, 9.17) is 0 Å². The monoisotopic (exact) mass is 730 g/mol. The molecule has 6 rings (SSSR count). The van der Waals surface area contributed by atoms with Crippen LogP contribution in [0.5, 0.6) is 0 Å². The molecule has 0 aliphatic rings. The Labute approximate surface area is 279 Å². The Morgan fingerprint density at radius 3 is 1.19 bits per heavy atom. The number of fused-ring (bicyclic) bond motifs is 2. The molecule has 0 saturated carbocycles. The van der Waals surface area contributed by atoms with Crippen molar-refractivity contribution in [3.05, 3.63) is 145 Å². The average Bonchev–Trinajstić information content (AvgIpc) is 3.55. The molecule has 0 nitrogen and oxygen atoms in total. The first kappa shape index (κ1) is 34.5. The maximum atomic E-state index is 3.60. The summed E-state index contributed by atoms with van der Waals surface area (Å²) in [7, 11) is 0. The average molecular weight is 729 g/mol. The fraction of sp³-hybridized carbons (Fsp3) is 0.238. The third-order valence-corrected chi connectivity index (χ3v) is 7.99. The zero-order valence-electron chi connectivity index (χ0n) is 26.5. The van der Waals surface area contributed by atoms with Crippen LogP contribution in [0, 0.1) is 27.7 Å². The van der Waals surface area contributed by atoms with Crippen molar-refractivity contribution in [2.75, 3.05) is 0 Å². The molecule has 0 atom stereocenters. The van der Waals surface area contributed by atoms with Gasteiger partial charge in [0.1, 0.15) is 0 Å². The quantitative estimate of drug-likeness (QED) is 0.113. The summed E-state index contributed by atoms with van der Waals surface area (Å²) in [5, 5.41) is 5.54. The molecule has 0 aromatic heterocycles. The van der Waals surface area contributed by atoms with Gasteiger partial charge in [-0.3, -0.25) is 0 Å². The van der Waals surface area contributed by atoms with Gasteiger partial charge in [-0.2, -0.15) is 24.0 Å². The van der Waals surface area contributed by atoms with Crippen molar-refractivity contribution >= 4 is 21.5 Å². The second-order valence-electron chi connectivity index (χ2n) is 11.1. The largest absolute Gasteiger partial charge is 4.00 e. The summed E-state index contributed by atoms with van der Waals surface area (Å²) >= 11 is 0. The second kappa shape index (κ2) is 17.3. The predicted molar refractivity (Wildman–Crippen MR) is 187 cm³/mol. The first-order chi connectivity index (χ1) is 20.5. The van der Waals surface area contributed by atoms with Crippen LogP contribution in [0.2, 0.25) is 0 Å². The van der Waals surface area contributed by atoms with Gasteiger partial charge in [-0.25, -0.2) is 0 Å². The van der Waals surface area contributed by atoms with Crippen molar-refractivity contribution in [2.45, 2.75) is 66.2 Å². The molecule has 0 aliphatic carbocycles. The fourth-order valence-corrected chi connectivity index (χ4v) is 5.70. The molecule has 218 valence electrons. The minimum atomic E-state index is 0. The predicted octanol–water partition coefficient (Wildman–Crippen LogP) is 12.4. The van der Waals surface area contributed by atoms with Crippen LogP contribution in [-0.2, 0) is 38.7 Å². The summed E-state index contributed by atoms with van der Waals surface area (Å²) in [4.78, 5) is 0. The van der Waals surface area contributed by atoms with Gasteiger partial charge in [-0.15, -0.1) is 69.1 Å². The zero-order valence-corrected chi connectivity index (χ0v) is 30.1.